The highest BCUT2D eigenvalue weighted by Gasteiger charge is 2.18. The number of aryl methyl sites for hydroxylation is 1. The van der Waals surface area contributed by atoms with Crippen molar-refractivity contribution in [3.05, 3.63) is 29.6 Å². The van der Waals surface area contributed by atoms with Crippen LogP contribution in [-0.4, -0.2) is 14.7 Å². The number of aromatic nitrogens is 2. The monoisotopic (exact) mass is 232 g/mol. The minimum absolute atomic E-state index is 0.401. The zero-order valence-electron chi connectivity index (χ0n) is 11.2. The van der Waals surface area contributed by atoms with E-state index in [2.05, 4.69) is 23.4 Å². The summed E-state index contributed by atoms with van der Waals surface area (Å²) in [6, 6.07) is 5.97. The van der Waals surface area contributed by atoms with E-state index in [1.54, 1.807) is 13.8 Å². The average Bonchev–Trinajstić information content (AvgIpc) is 2.54. The van der Waals surface area contributed by atoms with Crippen molar-refractivity contribution in [3.63, 3.8) is 0 Å². The highest BCUT2D eigenvalue weighted by molar-refractivity contribution is 5.77. The molecule has 2 rings (SSSR count). The van der Waals surface area contributed by atoms with Gasteiger partial charge in [-0.3, -0.25) is 0 Å². The smallest absolute Gasteiger partial charge is 0.112 e. The molecule has 1 N–H and O–H groups in total. The second-order valence-corrected chi connectivity index (χ2v) is 5.45. The number of benzene rings is 1. The lowest BCUT2D eigenvalue weighted by Gasteiger charge is -2.17. The first-order valence-electron chi connectivity index (χ1n) is 6.00. The summed E-state index contributed by atoms with van der Waals surface area (Å²) < 4.78 is 2.12. The normalized spacial score (nSPS) is 12.6. The minimum atomic E-state index is -0.816. The minimum Gasteiger partial charge on any atom is -0.386 e. The van der Waals surface area contributed by atoms with Crippen molar-refractivity contribution in [1.82, 2.24) is 9.55 Å². The highest BCUT2D eigenvalue weighted by atomic mass is 16.3. The Hall–Kier alpha value is -1.35. The van der Waals surface area contributed by atoms with E-state index in [0.717, 1.165) is 22.4 Å². The SMILES string of the molecule is CC(C)c1nc2cc(C(C)(C)O)ccc2n1C. The van der Waals surface area contributed by atoms with E-state index in [4.69, 9.17) is 0 Å². The van der Waals surface area contributed by atoms with Gasteiger partial charge < -0.3 is 9.67 Å². The molecule has 0 saturated carbocycles. The van der Waals surface area contributed by atoms with Crippen LogP contribution in [0.25, 0.3) is 11.0 Å². The Kier molecular flexibility index (Phi) is 2.74. The van der Waals surface area contributed by atoms with Crippen molar-refractivity contribution in [2.24, 2.45) is 7.05 Å². The van der Waals surface area contributed by atoms with Crippen molar-refractivity contribution >= 4 is 11.0 Å². The van der Waals surface area contributed by atoms with Crippen LogP contribution in [-0.2, 0) is 12.6 Å². The van der Waals surface area contributed by atoms with E-state index in [1.165, 1.54) is 0 Å². The molecule has 0 aliphatic carbocycles. The molecular weight excluding hydrogens is 212 g/mol. The molecule has 92 valence electrons. The van der Waals surface area contributed by atoms with Crippen LogP contribution in [0.4, 0.5) is 0 Å². The summed E-state index contributed by atoms with van der Waals surface area (Å²) in [5.41, 5.74) is 2.15. The van der Waals surface area contributed by atoms with Crippen LogP contribution in [0.1, 0.15) is 45.0 Å². The first-order chi connectivity index (χ1) is 7.80. The van der Waals surface area contributed by atoms with Crippen molar-refractivity contribution < 1.29 is 5.11 Å². The second-order valence-electron chi connectivity index (χ2n) is 5.45. The predicted octanol–water partition coefficient (Wildman–Crippen LogP) is 2.92. The van der Waals surface area contributed by atoms with Gasteiger partial charge in [0.15, 0.2) is 0 Å². The van der Waals surface area contributed by atoms with Gasteiger partial charge in [-0.2, -0.15) is 0 Å². The molecule has 1 heterocycles. The lowest BCUT2D eigenvalue weighted by molar-refractivity contribution is 0.0787. The van der Waals surface area contributed by atoms with Gasteiger partial charge in [-0.15, -0.1) is 0 Å². The molecule has 17 heavy (non-hydrogen) atoms. The molecule has 1 aromatic carbocycles. The van der Waals surface area contributed by atoms with Gasteiger partial charge in [-0.05, 0) is 31.5 Å². The third-order valence-corrected chi connectivity index (χ3v) is 3.14. The molecule has 0 bridgehead atoms. The number of fused-ring (bicyclic) bond motifs is 1. The van der Waals surface area contributed by atoms with Crippen molar-refractivity contribution in [2.75, 3.05) is 0 Å². The zero-order valence-corrected chi connectivity index (χ0v) is 11.2. The van der Waals surface area contributed by atoms with Gasteiger partial charge in [0, 0.05) is 13.0 Å². The molecule has 0 unspecified atom stereocenters. The van der Waals surface area contributed by atoms with Crippen molar-refractivity contribution in [3.8, 4) is 0 Å². The fourth-order valence-electron chi connectivity index (χ4n) is 2.12. The number of hydrogen-bond donors (Lipinski definition) is 1. The van der Waals surface area contributed by atoms with E-state index in [-0.39, 0.29) is 0 Å². The van der Waals surface area contributed by atoms with Crippen LogP contribution >= 0.6 is 0 Å². The molecule has 0 fully saturated rings. The number of rotatable bonds is 2. The first-order valence-corrected chi connectivity index (χ1v) is 6.00. The lowest BCUT2D eigenvalue weighted by Crippen LogP contribution is -2.15. The molecule has 1 aromatic heterocycles. The number of imidazole rings is 1. The van der Waals surface area contributed by atoms with E-state index in [9.17, 15) is 5.11 Å². The number of hydrogen-bond acceptors (Lipinski definition) is 2. The largest absolute Gasteiger partial charge is 0.386 e. The number of nitrogens with zero attached hydrogens (tertiary/aromatic N) is 2. The Morgan fingerprint density at radius 2 is 1.94 bits per heavy atom. The Labute approximate surface area is 102 Å². The van der Waals surface area contributed by atoms with Crippen LogP contribution in [0, 0.1) is 0 Å². The Morgan fingerprint density at radius 3 is 2.47 bits per heavy atom. The third kappa shape index (κ3) is 2.07. The summed E-state index contributed by atoms with van der Waals surface area (Å²) in [7, 11) is 2.04. The molecule has 3 heteroatoms. The van der Waals surface area contributed by atoms with E-state index >= 15 is 0 Å². The standard InChI is InChI=1S/C14H20N2O/c1-9(2)13-15-11-8-10(14(3,4)17)6-7-12(11)16(13)5/h6-9,17H,1-5H3. The van der Waals surface area contributed by atoms with Gasteiger partial charge in [0.1, 0.15) is 5.82 Å². The Balaban J connectivity index is 2.64. The quantitative estimate of drug-likeness (QED) is 0.864. The van der Waals surface area contributed by atoms with Crippen LogP contribution in [0.5, 0.6) is 0 Å². The maximum atomic E-state index is 10.00. The molecule has 0 aliphatic heterocycles. The maximum absolute atomic E-state index is 10.00. The topological polar surface area (TPSA) is 38.1 Å². The molecule has 0 spiro atoms. The van der Waals surface area contributed by atoms with Gasteiger partial charge in [-0.1, -0.05) is 19.9 Å². The Morgan fingerprint density at radius 1 is 1.29 bits per heavy atom. The fourth-order valence-corrected chi connectivity index (χ4v) is 2.12. The third-order valence-electron chi connectivity index (χ3n) is 3.14. The van der Waals surface area contributed by atoms with Crippen LogP contribution in [0.2, 0.25) is 0 Å². The maximum Gasteiger partial charge on any atom is 0.112 e. The molecule has 0 amide bonds. The van der Waals surface area contributed by atoms with Crippen LogP contribution < -0.4 is 0 Å². The van der Waals surface area contributed by atoms with Gasteiger partial charge in [0.2, 0.25) is 0 Å². The predicted molar refractivity (Wildman–Crippen MR) is 70.0 cm³/mol. The van der Waals surface area contributed by atoms with Gasteiger partial charge >= 0.3 is 0 Å². The molecular formula is C14H20N2O. The second kappa shape index (κ2) is 3.84. The lowest BCUT2D eigenvalue weighted by atomic mass is 9.98. The van der Waals surface area contributed by atoms with Crippen LogP contribution in [0.3, 0.4) is 0 Å². The summed E-state index contributed by atoms with van der Waals surface area (Å²) in [6.45, 7) is 7.86. The highest BCUT2D eigenvalue weighted by Crippen LogP contribution is 2.26. The summed E-state index contributed by atoms with van der Waals surface area (Å²) >= 11 is 0. The molecule has 0 saturated heterocycles. The average molecular weight is 232 g/mol. The van der Waals surface area contributed by atoms with E-state index < -0.39 is 5.60 Å². The van der Waals surface area contributed by atoms with Gasteiger partial charge in [0.25, 0.3) is 0 Å². The summed E-state index contributed by atoms with van der Waals surface area (Å²) in [5.74, 6) is 1.48. The molecule has 2 aromatic rings. The van der Waals surface area contributed by atoms with Gasteiger partial charge in [-0.25, -0.2) is 4.98 Å². The first kappa shape index (κ1) is 12.1. The molecule has 3 nitrogen and oxygen atoms in total. The van der Waals surface area contributed by atoms with Crippen molar-refractivity contribution in [2.45, 2.75) is 39.2 Å². The van der Waals surface area contributed by atoms with Gasteiger partial charge in [0.05, 0.1) is 16.6 Å². The van der Waals surface area contributed by atoms with E-state index in [1.807, 2.05) is 25.2 Å². The van der Waals surface area contributed by atoms with Crippen molar-refractivity contribution in [1.29, 1.82) is 0 Å². The molecule has 0 atom stereocenters. The van der Waals surface area contributed by atoms with E-state index in [0.29, 0.717) is 5.92 Å². The summed E-state index contributed by atoms with van der Waals surface area (Å²) in [4.78, 5) is 4.64. The zero-order chi connectivity index (χ0) is 12.8. The Bertz CT molecular complexity index is 547. The fraction of sp³-hybridized carbons (Fsp3) is 0.500. The van der Waals surface area contributed by atoms with Crippen LogP contribution in [0.15, 0.2) is 18.2 Å². The summed E-state index contributed by atoms with van der Waals surface area (Å²) in [6.07, 6.45) is 0. The summed E-state index contributed by atoms with van der Waals surface area (Å²) in [5, 5.41) is 10.00. The molecule has 0 aliphatic rings. The molecule has 0 radical (unpaired) electrons. The number of aliphatic hydroxyl groups is 1.